The zero-order chi connectivity index (χ0) is 16.8. The van der Waals surface area contributed by atoms with Gasteiger partial charge >= 0.3 is 5.97 Å². The Hall–Kier alpha value is -1.87. The fourth-order valence-corrected chi connectivity index (χ4v) is 4.89. The second-order valence-electron chi connectivity index (χ2n) is 5.41. The van der Waals surface area contributed by atoms with Crippen molar-refractivity contribution < 1.29 is 27.5 Å². The number of esters is 1. The van der Waals surface area contributed by atoms with E-state index in [-0.39, 0.29) is 23.9 Å². The molecule has 1 aromatic heterocycles. The van der Waals surface area contributed by atoms with Crippen LogP contribution in [0.3, 0.4) is 0 Å². The average Bonchev–Trinajstić information content (AvgIpc) is 3.14. The molecule has 0 radical (unpaired) electrons. The van der Waals surface area contributed by atoms with Crippen LogP contribution in [0.25, 0.3) is 0 Å². The first-order chi connectivity index (χ1) is 10.8. The molecule has 1 aromatic rings. The van der Waals surface area contributed by atoms with Gasteiger partial charge in [0.25, 0.3) is 11.7 Å². The molecular formula is C14H15NO6S2. The topological polar surface area (TPSA) is 90.0 Å². The summed E-state index contributed by atoms with van der Waals surface area (Å²) in [6.45, 7) is 2.88. The predicted octanol–water partition coefficient (Wildman–Crippen LogP) is 1.33. The van der Waals surface area contributed by atoms with Crippen LogP contribution in [0.4, 0.5) is 0 Å². The normalized spacial score (nSPS) is 26.5. The van der Waals surface area contributed by atoms with E-state index in [9.17, 15) is 18.0 Å². The van der Waals surface area contributed by atoms with Crippen LogP contribution in [-0.2, 0) is 34.7 Å². The highest BCUT2D eigenvalue weighted by atomic mass is 32.2. The van der Waals surface area contributed by atoms with Crippen LogP contribution in [0.2, 0.25) is 0 Å². The molecule has 2 aliphatic heterocycles. The highest BCUT2D eigenvalue weighted by Gasteiger charge is 2.53. The smallest absolute Gasteiger partial charge is 0.308 e. The largest absolute Gasteiger partial charge is 0.455 e. The lowest BCUT2D eigenvalue weighted by Crippen LogP contribution is -2.32. The maximum atomic E-state index is 12.8. The third-order valence-electron chi connectivity index (χ3n) is 3.70. The molecule has 7 nitrogen and oxygen atoms in total. The number of Topliss-reactive ketones (excluding diaryl/α,β-unsaturated/α-hetero) is 1. The molecule has 1 unspecified atom stereocenters. The Morgan fingerprint density at radius 1 is 1.48 bits per heavy atom. The molecule has 124 valence electrons. The maximum absolute atomic E-state index is 12.8. The molecule has 0 bridgehead atoms. The van der Waals surface area contributed by atoms with E-state index in [1.807, 2.05) is 0 Å². The van der Waals surface area contributed by atoms with Crippen LogP contribution < -0.4 is 0 Å². The summed E-state index contributed by atoms with van der Waals surface area (Å²) in [5.74, 6) is -1.84. The molecule has 3 heterocycles. The van der Waals surface area contributed by atoms with E-state index in [1.54, 1.807) is 24.4 Å². The van der Waals surface area contributed by atoms with Crippen molar-refractivity contribution in [2.24, 2.45) is 0 Å². The van der Waals surface area contributed by atoms with Crippen molar-refractivity contribution >= 4 is 33.1 Å². The SMILES string of the molecule is CC(=O)OC1=C(N2CCCS2(=O)=O)OC(C)(c2cccs2)C1=O. The van der Waals surface area contributed by atoms with Crippen LogP contribution in [-0.4, -0.2) is 36.8 Å². The van der Waals surface area contributed by atoms with Crippen molar-refractivity contribution in [2.75, 3.05) is 12.3 Å². The van der Waals surface area contributed by atoms with E-state index in [4.69, 9.17) is 9.47 Å². The highest BCUT2D eigenvalue weighted by molar-refractivity contribution is 7.89. The summed E-state index contributed by atoms with van der Waals surface area (Å²) in [5.41, 5.74) is -1.40. The van der Waals surface area contributed by atoms with Crippen LogP contribution in [0, 0.1) is 0 Å². The van der Waals surface area contributed by atoms with Gasteiger partial charge in [-0.1, -0.05) is 6.07 Å². The monoisotopic (exact) mass is 357 g/mol. The summed E-state index contributed by atoms with van der Waals surface area (Å²) < 4.78 is 36.1. The summed E-state index contributed by atoms with van der Waals surface area (Å²) in [6, 6.07) is 3.48. The van der Waals surface area contributed by atoms with Gasteiger partial charge in [-0.25, -0.2) is 12.7 Å². The summed E-state index contributed by atoms with van der Waals surface area (Å²) in [4.78, 5) is 24.7. The number of rotatable bonds is 3. The number of ketones is 1. The van der Waals surface area contributed by atoms with E-state index in [1.165, 1.54) is 11.3 Å². The number of nitrogens with zero attached hydrogens (tertiary/aromatic N) is 1. The summed E-state index contributed by atoms with van der Waals surface area (Å²) in [6.07, 6.45) is 0.423. The molecule has 0 aliphatic carbocycles. The van der Waals surface area contributed by atoms with Gasteiger partial charge in [-0.15, -0.1) is 11.3 Å². The number of sulfonamides is 1. The molecule has 0 amide bonds. The van der Waals surface area contributed by atoms with Crippen molar-refractivity contribution in [1.82, 2.24) is 4.31 Å². The second kappa shape index (κ2) is 5.34. The minimum atomic E-state index is -3.57. The zero-order valence-corrected chi connectivity index (χ0v) is 14.2. The van der Waals surface area contributed by atoms with Gasteiger partial charge in [0.15, 0.2) is 0 Å². The number of carbonyl (C=O) groups is 2. The Kier molecular flexibility index (Phi) is 3.72. The Labute approximate surface area is 137 Å². The number of ether oxygens (including phenoxy) is 2. The van der Waals surface area contributed by atoms with Gasteiger partial charge in [0, 0.05) is 13.5 Å². The van der Waals surface area contributed by atoms with Gasteiger partial charge in [0.1, 0.15) is 0 Å². The standard InChI is InChI=1S/C14H15NO6S2/c1-9(16)20-11-12(17)14(2,10-5-3-7-22-10)21-13(11)15-6-4-8-23(15,18)19/h3,5,7H,4,6,8H2,1-2H3. The Balaban J connectivity index is 2.08. The van der Waals surface area contributed by atoms with E-state index >= 15 is 0 Å². The predicted molar refractivity (Wildman–Crippen MR) is 81.7 cm³/mol. The van der Waals surface area contributed by atoms with Crippen LogP contribution in [0.1, 0.15) is 25.1 Å². The first kappa shape index (κ1) is 16.0. The molecule has 2 aliphatic rings. The molecule has 1 fully saturated rings. The quantitative estimate of drug-likeness (QED) is 0.758. The molecule has 23 heavy (non-hydrogen) atoms. The average molecular weight is 357 g/mol. The molecule has 0 N–H and O–H groups in total. The first-order valence-electron chi connectivity index (χ1n) is 6.96. The molecule has 9 heteroatoms. The summed E-state index contributed by atoms with van der Waals surface area (Å²) >= 11 is 1.31. The van der Waals surface area contributed by atoms with Crippen LogP contribution >= 0.6 is 11.3 Å². The van der Waals surface area contributed by atoms with Gasteiger partial charge in [-0.2, -0.15) is 0 Å². The maximum Gasteiger partial charge on any atom is 0.308 e. The van der Waals surface area contributed by atoms with E-state index in [0.29, 0.717) is 11.3 Å². The van der Waals surface area contributed by atoms with Crippen LogP contribution in [0.15, 0.2) is 29.2 Å². The summed E-state index contributed by atoms with van der Waals surface area (Å²) in [7, 11) is -3.57. The van der Waals surface area contributed by atoms with E-state index < -0.39 is 27.4 Å². The van der Waals surface area contributed by atoms with Gasteiger partial charge in [0.05, 0.1) is 10.6 Å². The van der Waals surface area contributed by atoms with Crippen molar-refractivity contribution in [3.63, 3.8) is 0 Å². The lowest BCUT2D eigenvalue weighted by atomic mass is 9.99. The number of thiophene rings is 1. The third kappa shape index (κ3) is 2.53. The van der Waals surface area contributed by atoms with E-state index in [0.717, 1.165) is 11.2 Å². The van der Waals surface area contributed by atoms with Gasteiger partial charge < -0.3 is 9.47 Å². The number of carbonyl (C=O) groups excluding carboxylic acids is 2. The van der Waals surface area contributed by atoms with E-state index in [2.05, 4.69) is 0 Å². The number of hydrogen-bond donors (Lipinski definition) is 0. The fourth-order valence-electron chi connectivity index (χ4n) is 2.58. The first-order valence-corrected chi connectivity index (χ1v) is 9.45. The molecule has 1 saturated heterocycles. The lowest BCUT2D eigenvalue weighted by Gasteiger charge is -2.24. The molecule has 1 atom stereocenters. The third-order valence-corrected chi connectivity index (χ3v) is 6.59. The van der Waals surface area contributed by atoms with Crippen molar-refractivity contribution in [3.05, 3.63) is 34.0 Å². The Bertz CT molecular complexity index is 795. The van der Waals surface area contributed by atoms with Crippen molar-refractivity contribution in [3.8, 4) is 0 Å². The van der Waals surface area contributed by atoms with Crippen molar-refractivity contribution in [1.29, 1.82) is 0 Å². The molecule has 3 rings (SSSR count). The Morgan fingerprint density at radius 2 is 2.22 bits per heavy atom. The molecule has 0 saturated carbocycles. The lowest BCUT2D eigenvalue weighted by molar-refractivity contribution is -0.142. The molecule has 0 spiro atoms. The minimum absolute atomic E-state index is 0.0306. The zero-order valence-electron chi connectivity index (χ0n) is 12.6. The van der Waals surface area contributed by atoms with Crippen LogP contribution in [0.5, 0.6) is 0 Å². The highest BCUT2D eigenvalue weighted by Crippen LogP contribution is 2.43. The molecular weight excluding hydrogens is 342 g/mol. The fraction of sp³-hybridized carbons (Fsp3) is 0.429. The minimum Gasteiger partial charge on any atom is -0.455 e. The Morgan fingerprint density at radius 3 is 2.74 bits per heavy atom. The number of hydrogen-bond acceptors (Lipinski definition) is 7. The van der Waals surface area contributed by atoms with Crippen molar-refractivity contribution in [2.45, 2.75) is 25.9 Å². The van der Waals surface area contributed by atoms with Gasteiger partial charge in [0.2, 0.25) is 21.4 Å². The molecule has 0 aromatic carbocycles. The van der Waals surface area contributed by atoms with Gasteiger partial charge in [-0.05, 0) is 24.8 Å². The summed E-state index contributed by atoms with van der Waals surface area (Å²) in [5, 5.41) is 1.79. The van der Waals surface area contributed by atoms with Gasteiger partial charge in [-0.3, -0.25) is 9.59 Å². The second-order valence-corrected chi connectivity index (χ2v) is 8.37.